The monoisotopic (exact) mass is 397 g/mol. The summed E-state index contributed by atoms with van der Waals surface area (Å²) in [4.78, 5) is 39.6. The van der Waals surface area contributed by atoms with Gasteiger partial charge in [-0.15, -0.1) is 0 Å². The Morgan fingerprint density at radius 2 is 1.96 bits per heavy atom. The van der Waals surface area contributed by atoms with Gasteiger partial charge in [-0.3, -0.25) is 14.4 Å². The molecule has 2 saturated heterocycles. The van der Waals surface area contributed by atoms with Crippen LogP contribution in [0.25, 0.3) is 0 Å². The third-order valence-electron chi connectivity index (χ3n) is 5.10. The topological polar surface area (TPSA) is 69.7 Å². The number of carbonyl (C=O) groups excluding carboxylic acids is 3. The van der Waals surface area contributed by atoms with E-state index in [1.807, 2.05) is 0 Å². The molecule has 1 aromatic rings. The number of hydrogen-bond donors (Lipinski definition) is 1. The van der Waals surface area contributed by atoms with Crippen molar-refractivity contribution in [3.63, 3.8) is 0 Å². The SMILES string of the molecule is O=C1CCN(C(=O)[C@H]2CCC(=O)N(Cc3cccc(C(F)(F)F)c3)C2)CCN1. The van der Waals surface area contributed by atoms with Crippen molar-refractivity contribution >= 4 is 17.7 Å². The van der Waals surface area contributed by atoms with Gasteiger partial charge in [0.05, 0.1) is 11.5 Å². The lowest BCUT2D eigenvalue weighted by Gasteiger charge is -2.34. The first-order valence-corrected chi connectivity index (χ1v) is 9.23. The molecule has 0 bridgehead atoms. The maximum Gasteiger partial charge on any atom is 0.416 e. The summed E-state index contributed by atoms with van der Waals surface area (Å²) in [6, 6.07) is 4.88. The van der Waals surface area contributed by atoms with Crippen molar-refractivity contribution in [1.82, 2.24) is 15.1 Å². The van der Waals surface area contributed by atoms with Gasteiger partial charge in [-0.2, -0.15) is 13.2 Å². The van der Waals surface area contributed by atoms with Gasteiger partial charge in [-0.1, -0.05) is 12.1 Å². The van der Waals surface area contributed by atoms with E-state index in [0.29, 0.717) is 31.6 Å². The lowest BCUT2D eigenvalue weighted by Crippen LogP contribution is -2.47. The summed E-state index contributed by atoms with van der Waals surface area (Å²) in [5.74, 6) is -0.788. The van der Waals surface area contributed by atoms with Crippen LogP contribution in [-0.4, -0.2) is 53.7 Å². The summed E-state index contributed by atoms with van der Waals surface area (Å²) in [7, 11) is 0. The summed E-state index contributed by atoms with van der Waals surface area (Å²) < 4.78 is 38.7. The molecule has 9 heteroatoms. The molecule has 28 heavy (non-hydrogen) atoms. The third-order valence-corrected chi connectivity index (χ3v) is 5.10. The van der Waals surface area contributed by atoms with Crippen LogP contribution < -0.4 is 5.32 Å². The molecule has 152 valence electrons. The predicted molar refractivity (Wildman–Crippen MR) is 93.8 cm³/mol. The standard InChI is InChI=1S/C19H22F3N3O3/c20-19(21,22)15-3-1-2-13(10-15)11-25-12-14(4-5-17(25)27)18(28)24-8-6-16(26)23-7-9-24/h1-3,10,14H,4-9,11-12H2,(H,23,26)/t14-/m0/s1. The molecule has 2 aliphatic heterocycles. The second-order valence-corrected chi connectivity index (χ2v) is 7.13. The van der Waals surface area contributed by atoms with Crippen LogP contribution in [0.5, 0.6) is 0 Å². The smallest absolute Gasteiger partial charge is 0.354 e. The summed E-state index contributed by atoms with van der Waals surface area (Å²) in [6.07, 6.45) is -3.61. The Bertz CT molecular complexity index is 766. The van der Waals surface area contributed by atoms with E-state index in [9.17, 15) is 27.6 Å². The summed E-state index contributed by atoms with van der Waals surface area (Å²) in [6.45, 7) is 1.36. The Morgan fingerprint density at radius 1 is 1.18 bits per heavy atom. The number of nitrogens with one attached hydrogen (secondary N) is 1. The van der Waals surface area contributed by atoms with Crippen molar-refractivity contribution in [3.05, 3.63) is 35.4 Å². The van der Waals surface area contributed by atoms with Crippen LogP contribution >= 0.6 is 0 Å². The fourth-order valence-corrected chi connectivity index (χ4v) is 3.58. The van der Waals surface area contributed by atoms with E-state index in [0.717, 1.165) is 12.1 Å². The van der Waals surface area contributed by atoms with Crippen LogP contribution in [-0.2, 0) is 27.1 Å². The van der Waals surface area contributed by atoms with Gasteiger partial charge >= 0.3 is 6.18 Å². The average molecular weight is 397 g/mol. The molecule has 3 amide bonds. The zero-order valence-electron chi connectivity index (χ0n) is 15.3. The number of likely N-dealkylation sites (tertiary alicyclic amines) is 1. The van der Waals surface area contributed by atoms with Gasteiger partial charge in [-0.25, -0.2) is 0 Å². The highest BCUT2D eigenvalue weighted by molar-refractivity contribution is 5.85. The molecule has 0 radical (unpaired) electrons. The molecule has 6 nitrogen and oxygen atoms in total. The molecule has 0 aliphatic carbocycles. The number of nitrogens with zero attached hydrogens (tertiary/aromatic N) is 2. The van der Waals surface area contributed by atoms with E-state index in [1.54, 1.807) is 11.0 Å². The Hall–Kier alpha value is -2.58. The number of carbonyl (C=O) groups is 3. The number of piperidine rings is 1. The zero-order valence-corrected chi connectivity index (χ0v) is 15.3. The van der Waals surface area contributed by atoms with Crippen molar-refractivity contribution in [2.24, 2.45) is 5.92 Å². The van der Waals surface area contributed by atoms with Crippen molar-refractivity contribution in [2.45, 2.75) is 32.0 Å². The molecule has 1 N–H and O–H groups in total. The summed E-state index contributed by atoms with van der Waals surface area (Å²) in [5, 5.41) is 2.71. The molecular formula is C19H22F3N3O3. The molecule has 0 unspecified atom stereocenters. The van der Waals surface area contributed by atoms with Gasteiger partial charge in [0.2, 0.25) is 17.7 Å². The van der Waals surface area contributed by atoms with Gasteiger partial charge in [0.15, 0.2) is 0 Å². The van der Waals surface area contributed by atoms with Crippen LogP contribution in [0.1, 0.15) is 30.4 Å². The van der Waals surface area contributed by atoms with Crippen molar-refractivity contribution in [3.8, 4) is 0 Å². The van der Waals surface area contributed by atoms with Crippen molar-refractivity contribution in [2.75, 3.05) is 26.2 Å². The summed E-state index contributed by atoms with van der Waals surface area (Å²) in [5.41, 5.74) is -0.385. The highest BCUT2D eigenvalue weighted by Gasteiger charge is 2.34. The molecule has 2 aliphatic rings. The highest BCUT2D eigenvalue weighted by Crippen LogP contribution is 2.30. The first-order valence-electron chi connectivity index (χ1n) is 9.23. The molecule has 2 fully saturated rings. The number of benzene rings is 1. The number of halogens is 3. The first-order chi connectivity index (χ1) is 13.2. The average Bonchev–Trinajstić information content (AvgIpc) is 2.87. The highest BCUT2D eigenvalue weighted by atomic mass is 19.4. The Labute approximate surface area is 160 Å². The van der Waals surface area contributed by atoms with Crippen LogP contribution in [0.2, 0.25) is 0 Å². The number of rotatable bonds is 3. The first kappa shape index (κ1) is 20.2. The molecule has 2 heterocycles. The van der Waals surface area contributed by atoms with Crippen molar-refractivity contribution in [1.29, 1.82) is 0 Å². The van der Waals surface area contributed by atoms with E-state index in [1.165, 1.54) is 11.0 Å². The van der Waals surface area contributed by atoms with Crippen LogP contribution in [0.15, 0.2) is 24.3 Å². The minimum atomic E-state index is -4.45. The second-order valence-electron chi connectivity index (χ2n) is 7.13. The van der Waals surface area contributed by atoms with Gasteiger partial charge in [0, 0.05) is 45.6 Å². The van der Waals surface area contributed by atoms with Gasteiger partial charge in [-0.05, 0) is 24.1 Å². The fraction of sp³-hybridized carbons (Fsp3) is 0.526. The normalized spacial score (nSPS) is 21.3. The minimum absolute atomic E-state index is 0.0343. The summed E-state index contributed by atoms with van der Waals surface area (Å²) >= 11 is 0. The zero-order chi connectivity index (χ0) is 20.3. The number of alkyl halides is 3. The van der Waals surface area contributed by atoms with Crippen molar-refractivity contribution < 1.29 is 27.6 Å². The van der Waals surface area contributed by atoms with E-state index in [2.05, 4.69) is 5.32 Å². The molecular weight excluding hydrogens is 375 g/mol. The molecule has 3 rings (SSSR count). The number of hydrogen-bond acceptors (Lipinski definition) is 3. The van der Waals surface area contributed by atoms with Gasteiger partial charge < -0.3 is 15.1 Å². The largest absolute Gasteiger partial charge is 0.416 e. The van der Waals surface area contributed by atoms with Crippen LogP contribution in [0.4, 0.5) is 13.2 Å². The number of amides is 3. The quantitative estimate of drug-likeness (QED) is 0.846. The maximum absolute atomic E-state index is 12.9. The molecule has 1 atom stereocenters. The minimum Gasteiger partial charge on any atom is -0.354 e. The van der Waals surface area contributed by atoms with Crippen LogP contribution in [0.3, 0.4) is 0 Å². The lowest BCUT2D eigenvalue weighted by atomic mass is 9.95. The molecule has 0 aromatic heterocycles. The third kappa shape index (κ3) is 4.82. The van der Waals surface area contributed by atoms with Crippen LogP contribution in [0, 0.1) is 5.92 Å². The van der Waals surface area contributed by atoms with E-state index in [-0.39, 0.29) is 43.7 Å². The van der Waals surface area contributed by atoms with E-state index < -0.39 is 17.7 Å². The Kier molecular flexibility index (Phi) is 5.90. The molecule has 1 aromatic carbocycles. The van der Waals surface area contributed by atoms with Gasteiger partial charge in [0.25, 0.3) is 0 Å². The Morgan fingerprint density at radius 3 is 2.71 bits per heavy atom. The predicted octanol–water partition coefficient (Wildman–Crippen LogP) is 1.79. The van der Waals surface area contributed by atoms with E-state index in [4.69, 9.17) is 0 Å². The fourth-order valence-electron chi connectivity index (χ4n) is 3.58. The van der Waals surface area contributed by atoms with E-state index >= 15 is 0 Å². The lowest BCUT2D eigenvalue weighted by molar-refractivity contribution is -0.143. The molecule has 0 saturated carbocycles. The second kappa shape index (κ2) is 8.20. The maximum atomic E-state index is 12.9. The van der Waals surface area contributed by atoms with Gasteiger partial charge in [0.1, 0.15) is 0 Å². The molecule has 0 spiro atoms. The Balaban J connectivity index is 1.67.